The Morgan fingerprint density at radius 3 is 2.43 bits per heavy atom. The molecule has 1 aromatic heterocycles. The molecule has 21 heavy (non-hydrogen) atoms. The standard InChI is InChI=1S/C14H11F4NOS/c1-8(20)10-3-2-4-11(15)13(10)21-12-6-5-9(7-19-12)14(16,17)18/h2-8,20H,1H3/t8-/m0/s1. The summed E-state index contributed by atoms with van der Waals surface area (Å²) in [7, 11) is 0. The molecule has 1 heterocycles. The van der Waals surface area contributed by atoms with Gasteiger partial charge < -0.3 is 5.11 Å². The van der Waals surface area contributed by atoms with E-state index in [9.17, 15) is 22.7 Å². The maximum atomic E-state index is 13.8. The maximum absolute atomic E-state index is 13.8. The third kappa shape index (κ3) is 3.74. The third-order valence-corrected chi connectivity index (χ3v) is 3.80. The molecule has 0 saturated carbocycles. The lowest BCUT2D eigenvalue weighted by Gasteiger charge is -2.12. The van der Waals surface area contributed by atoms with Gasteiger partial charge in [-0.25, -0.2) is 9.37 Å². The van der Waals surface area contributed by atoms with Crippen LogP contribution >= 0.6 is 11.8 Å². The van der Waals surface area contributed by atoms with Gasteiger partial charge in [-0.15, -0.1) is 0 Å². The molecule has 0 aliphatic carbocycles. The SMILES string of the molecule is C[C@H](O)c1cccc(F)c1Sc1ccc(C(F)(F)F)cn1. The van der Waals surface area contributed by atoms with Crippen molar-refractivity contribution < 1.29 is 22.7 Å². The zero-order valence-corrected chi connectivity index (χ0v) is 11.7. The normalized spacial score (nSPS) is 13.2. The summed E-state index contributed by atoms with van der Waals surface area (Å²) in [5.74, 6) is -0.555. The highest BCUT2D eigenvalue weighted by molar-refractivity contribution is 7.99. The fourth-order valence-corrected chi connectivity index (χ4v) is 2.65. The van der Waals surface area contributed by atoms with Crippen molar-refractivity contribution in [2.45, 2.75) is 29.1 Å². The molecule has 2 rings (SSSR count). The second-order valence-corrected chi connectivity index (χ2v) is 5.35. The van der Waals surface area contributed by atoms with Crippen molar-refractivity contribution in [1.82, 2.24) is 4.98 Å². The zero-order valence-electron chi connectivity index (χ0n) is 10.9. The minimum Gasteiger partial charge on any atom is -0.389 e. The topological polar surface area (TPSA) is 33.1 Å². The summed E-state index contributed by atoms with van der Waals surface area (Å²) in [6.45, 7) is 1.49. The van der Waals surface area contributed by atoms with E-state index >= 15 is 0 Å². The van der Waals surface area contributed by atoms with E-state index in [0.717, 1.165) is 17.8 Å². The number of hydrogen-bond donors (Lipinski definition) is 1. The number of benzene rings is 1. The van der Waals surface area contributed by atoms with Crippen LogP contribution in [0.3, 0.4) is 0 Å². The van der Waals surface area contributed by atoms with Crippen LogP contribution in [-0.2, 0) is 6.18 Å². The van der Waals surface area contributed by atoms with Crippen LogP contribution in [0.2, 0.25) is 0 Å². The predicted molar refractivity (Wildman–Crippen MR) is 70.4 cm³/mol. The largest absolute Gasteiger partial charge is 0.417 e. The van der Waals surface area contributed by atoms with E-state index in [4.69, 9.17) is 0 Å². The Hall–Kier alpha value is -1.60. The molecule has 7 heteroatoms. The predicted octanol–water partition coefficient (Wildman–Crippen LogP) is 4.44. The van der Waals surface area contributed by atoms with Crippen molar-refractivity contribution in [3.8, 4) is 0 Å². The molecule has 2 aromatic rings. The molecule has 1 atom stereocenters. The van der Waals surface area contributed by atoms with E-state index in [0.29, 0.717) is 11.8 Å². The summed E-state index contributed by atoms with van der Waals surface area (Å²) in [6.07, 6.45) is -4.65. The quantitative estimate of drug-likeness (QED) is 0.849. The van der Waals surface area contributed by atoms with Crippen LogP contribution in [0.25, 0.3) is 0 Å². The Morgan fingerprint density at radius 1 is 1.19 bits per heavy atom. The highest BCUT2D eigenvalue weighted by atomic mass is 32.2. The number of aliphatic hydroxyl groups is 1. The molecular weight excluding hydrogens is 306 g/mol. The van der Waals surface area contributed by atoms with E-state index in [2.05, 4.69) is 4.98 Å². The van der Waals surface area contributed by atoms with Crippen molar-refractivity contribution in [2.75, 3.05) is 0 Å². The van der Waals surface area contributed by atoms with Crippen LogP contribution in [0.4, 0.5) is 17.6 Å². The number of hydrogen-bond acceptors (Lipinski definition) is 3. The smallest absolute Gasteiger partial charge is 0.389 e. The molecule has 0 saturated heterocycles. The monoisotopic (exact) mass is 317 g/mol. The van der Waals surface area contributed by atoms with Crippen molar-refractivity contribution in [3.05, 3.63) is 53.5 Å². The fraction of sp³-hybridized carbons (Fsp3) is 0.214. The summed E-state index contributed by atoms with van der Waals surface area (Å²) in [5, 5.41) is 9.83. The van der Waals surface area contributed by atoms with Crippen LogP contribution < -0.4 is 0 Å². The van der Waals surface area contributed by atoms with E-state index in [1.54, 1.807) is 6.07 Å². The maximum Gasteiger partial charge on any atom is 0.417 e. The van der Waals surface area contributed by atoms with Gasteiger partial charge in [0.05, 0.1) is 16.6 Å². The molecular formula is C14H11F4NOS. The summed E-state index contributed by atoms with van der Waals surface area (Å²) in [5.41, 5.74) is -0.502. The van der Waals surface area contributed by atoms with E-state index in [-0.39, 0.29) is 9.92 Å². The molecule has 0 bridgehead atoms. The van der Waals surface area contributed by atoms with Gasteiger partial charge in [0.2, 0.25) is 0 Å². The minimum atomic E-state index is -4.46. The van der Waals surface area contributed by atoms with Crippen LogP contribution in [0.5, 0.6) is 0 Å². The number of rotatable bonds is 3. The average Bonchev–Trinajstić information content (AvgIpc) is 2.40. The molecule has 2 nitrogen and oxygen atoms in total. The van der Waals surface area contributed by atoms with Gasteiger partial charge in [-0.2, -0.15) is 13.2 Å². The molecule has 0 spiro atoms. The van der Waals surface area contributed by atoms with Gasteiger partial charge in [0, 0.05) is 6.20 Å². The zero-order chi connectivity index (χ0) is 15.6. The van der Waals surface area contributed by atoms with Gasteiger partial charge in [0.1, 0.15) is 10.8 Å². The van der Waals surface area contributed by atoms with Crippen LogP contribution in [0.15, 0.2) is 46.5 Å². The number of halogens is 4. The lowest BCUT2D eigenvalue weighted by atomic mass is 10.1. The molecule has 0 fully saturated rings. The highest BCUT2D eigenvalue weighted by Crippen LogP contribution is 2.35. The van der Waals surface area contributed by atoms with Gasteiger partial charge >= 0.3 is 6.18 Å². The second kappa shape index (κ2) is 6.03. The average molecular weight is 317 g/mol. The van der Waals surface area contributed by atoms with Gasteiger partial charge in [0.15, 0.2) is 0 Å². The molecule has 0 radical (unpaired) electrons. The van der Waals surface area contributed by atoms with Crippen LogP contribution in [-0.4, -0.2) is 10.1 Å². The third-order valence-electron chi connectivity index (χ3n) is 2.72. The first-order valence-corrected chi connectivity index (χ1v) is 6.78. The van der Waals surface area contributed by atoms with Crippen LogP contribution in [0, 0.1) is 5.82 Å². The first-order chi connectivity index (χ1) is 9.79. The Kier molecular flexibility index (Phi) is 4.53. The van der Waals surface area contributed by atoms with Gasteiger partial charge in [-0.1, -0.05) is 23.9 Å². The Bertz CT molecular complexity index is 626. The molecule has 0 aliphatic rings. The molecule has 0 amide bonds. The molecule has 0 aliphatic heterocycles. The van der Waals surface area contributed by atoms with E-state index in [1.807, 2.05) is 0 Å². The number of aromatic nitrogens is 1. The lowest BCUT2D eigenvalue weighted by Crippen LogP contribution is -2.05. The van der Waals surface area contributed by atoms with Crippen molar-refractivity contribution in [3.63, 3.8) is 0 Å². The summed E-state index contributed by atoms with van der Waals surface area (Å²) in [4.78, 5) is 3.83. The van der Waals surface area contributed by atoms with Gasteiger partial charge in [-0.05, 0) is 30.7 Å². The Morgan fingerprint density at radius 2 is 1.90 bits per heavy atom. The minimum absolute atomic E-state index is 0.153. The number of nitrogens with zero attached hydrogens (tertiary/aromatic N) is 1. The first-order valence-electron chi connectivity index (χ1n) is 5.96. The number of pyridine rings is 1. The molecule has 1 aromatic carbocycles. The van der Waals surface area contributed by atoms with Crippen molar-refractivity contribution in [1.29, 1.82) is 0 Å². The fourth-order valence-electron chi connectivity index (χ4n) is 1.68. The Balaban J connectivity index is 2.31. The van der Waals surface area contributed by atoms with Gasteiger partial charge in [-0.3, -0.25) is 0 Å². The molecule has 1 N–H and O–H groups in total. The summed E-state index contributed by atoms with van der Waals surface area (Å²) < 4.78 is 51.1. The van der Waals surface area contributed by atoms with Crippen molar-refractivity contribution >= 4 is 11.8 Å². The lowest BCUT2D eigenvalue weighted by molar-refractivity contribution is -0.137. The molecule has 0 unspecified atom stereocenters. The highest BCUT2D eigenvalue weighted by Gasteiger charge is 2.30. The van der Waals surface area contributed by atoms with Gasteiger partial charge in [0.25, 0.3) is 0 Å². The first kappa shape index (κ1) is 15.8. The Labute approximate surface area is 122 Å². The number of aliphatic hydroxyl groups excluding tert-OH is 1. The van der Waals surface area contributed by atoms with Crippen LogP contribution in [0.1, 0.15) is 24.2 Å². The second-order valence-electron chi connectivity index (χ2n) is 4.32. The van der Waals surface area contributed by atoms with E-state index in [1.165, 1.54) is 25.1 Å². The number of alkyl halides is 3. The molecule has 112 valence electrons. The summed E-state index contributed by atoms with van der Waals surface area (Å²) in [6, 6.07) is 6.30. The van der Waals surface area contributed by atoms with E-state index < -0.39 is 23.7 Å². The van der Waals surface area contributed by atoms with Crippen molar-refractivity contribution in [2.24, 2.45) is 0 Å². The summed E-state index contributed by atoms with van der Waals surface area (Å²) >= 11 is 0.875.